The fraction of sp³-hybridized carbons (Fsp3) is 0.667. The summed E-state index contributed by atoms with van der Waals surface area (Å²) in [6.45, 7) is 3.41. The Morgan fingerprint density at radius 2 is 1.80 bits per heavy atom. The first-order valence-electron chi connectivity index (χ1n) is 4.71. The number of piperazine rings is 1. The van der Waals surface area contributed by atoms with Gasteiger partial charge in [-0.3, -0.25) is 24.6 Å². The third kappa shape index (κ3) is 2.76. The molecule has 6 heteroatoms. The molecule has 0 aromatic rings. The molecule has 0 spiro atoms. The first kappa shape index (κ1) is 11.6. The molecule has 0 aliphatic carbocycles. The van der Waals surface area contributed by atoms with Crippen molar-refractivity contribution < 1.29 is 19.5 Å². The second-order valence-corrected chi connectivity index (χ2v) is 3.74. The van der Waals surface area contributed by atoms with Crippen LogP contribution in [-0.4, -0.2) is 46.9 Å². The van der Waals surface area contributed by atoms with Gasteiger partial charge in [-0.1, -0.05) is 6.92 Å². The van der Waals surface area contributed by atoms with Gasteiger partial charge >= 0.3 is 5.97 Å². The number of hydrogen-bond acceptors (Lipinski definition) is 4. The zero-order chi connectivity index (χ0) is 11.6. The van der Waals surface area contributed by atoms with Crippen LogP contribution in [0.25, 0.3) is 0 Å². The Labute approximate surface area is 87.2 Å². The molecule has 0 bridgehead atoms. The number of rotatable bonds is 3. The van der Waals surface area contributed by atoms with Crippen molar-refractivity contribution in [3.63, 3.8) is 0 Å². The van der Waals surface area contributed by atoms with E-state index in [1.54, 1.807) is 18.7 Å². The quantitative estimate of drug-likeness (QED) is 0.592. The van der Waals surface area contributed by atoms with Gasteiger partial charge in [0.2, 0.25) is 11.8 Å². The molecule has 84 valence electrons. The normalized spacial score (nSPS) is 22.0. The summed E-state index contributed by atoms with van der Waals surface area (Å²) in [6.07, 6.45) is 0. The lowest BCUT2D eigenvalue weighted by atomic mass is 10.0. The average molecular weight is 214 g/mol. The van der Waals surface area contributed by atoms with Gasteiger partial charge in [-0.2, -0.15) is 0 Å². The molecule has 6 nitrogen and oxygen atoms in total. The maximum Gasteiger partial charge on any atom is 0.307 e. The van der Waals surface area contributed by atoms with E-state index in [1.807, 2.05) is 0 Å². The van der Waals surface area contributed by atoms with Gasteiger partial charge in [0.15, 0.2) is 0 Å². The Kier molecular flexibility index (Phi) is 3.41. The molecule has 1 heterocycles. The lowest BCUT2D eigenvalue weighted by Gasteiger charge is -2.32. The van der Waals surface area contributed by atoms with E-state index < -0.39 is 11.9 Å². The molecule has 1 saturated heterocycles. The van der Waals surface area contributed by atoms with Crippen LogP contribution < -0.4 is 5.32 Å². The van der Waals surface area contributed by atoms with Crippen molar-refractivity contribution in [1.29, 1.82) is 0 Å². The predicted octanol–water partition coefficient (Wildman–Crippen LogP) is -0.946. The van der Waals surface area contributed by atoms with E-state index in [9.17, 15) is 14.4 Å². The van der Waals surface area contributed by atoms with Crippen LogP contribution in [0, 0.1) is 5.92 Å². The number of hydrogen-bond donors (Lipinski definition) is 2. The molecule has 0 aromatic heterocycles. The number of imide groups is 1. The number of aliphatic carboxylic acids is 1. The molecular formula is C9H14N2O4. The Balaban J connectivity index is 2.66. The van der Waals surface area contributed by atoms with E-state index in [4.69, 9.17) is 5.11 Å². The van der Waals surface area contributed by atoms with Gasteiger partial charge in [-0.15, -0.1) is 0 Å². The Hall–Kier alpha value is -1.43. The fourth-order valence-corrected chi connectivity index (χ4v) is 1.47. The second-order valence-electron chi connectivity index (χ2n) is 3.74. The van der Waals surface area contributed by atoms with Crippen LogP contribution >= 0.6 is 0 Å². The molecule has 0 aromatic carbocycles. The molecule has 1 aliphatic rings. The number of carboxylic acid groups (broad SMARTS) is 1. The second kappa shape index (κ2) is 4.39. The first-order valence-corrected chi connectivity index (χ1v) is 4.71. The lowest BCUT2D eigenvalue weighted by Crippen LogP contribution is -2.55. The monoisotopic (exact) mass is 214 g/mol. The highest BCUT2D eigenvalue weighted by atomic mass is 16.4. The highest BCUT2D eigenvalue weighted by molar-refractivity contribution is 5.99. The summed E-state index contributed by atoms with van der Waals surface area (Å²) < 4.78 is 0. The maximum absolute atomic E-state index is 11.1. The van der Waals surface area contributed by atoms with Crippen LogP contribution in [-0.2, 0) is 14.4 Å². The molecule has 0 saturated carbocycles. The van der Waals surface area contributed by atoms with Crippen molar-refractivity contribution in [2.24, 2.45) is 5.92 Å². The minimum absolute atomic E-state index is 0.0739. The van der Waals surface area contributed by atoms with E-state index in [1.165, 1.54) is 0 Å². The van der Waals surface area contributed by atoms with E-state index in [2.05, 4.69) is 5.32 Å². The van der Waals surface area contributed by atoms with Gasteiger partial charge in [0.05, 0.1) is 19.0 Å². The standard InChI is InChI=1S/C9H14N2O4/c1-5(9(14)15)6(2)11-3-7(12)10-8(13)4-11/h5-6H,3-4H2,1-2H3,(H,14,15)(H,10,12,13). The first-order chi connectivity index (χ1) is 6.91. The Bertz CT molecular complexity index is 286. The van der Waals surface area contributed by atoms with Crippen LogP contribution in [0.3, 0.4) is 0 Å². The number of carbonyl (C=O) groups excluding carboxylic acids is 2. The van der Waals surface area contributed by atoms with Crippen LogP contribution in [0.15, 0.2) is 0 Å². The number of nitrogens with one attached hydrogen (secondary N) is 1. The molecule has 1 aliphatic heterocycles. The molecule has 2 N–H and O–H groups in total. The maximum atomic E-state index is 11.1. The zero-order valence-electron chi connectivity index (χ0n) is 8.69. The van der Waals surface area contributed by atoms with Crippen molar-refractivity contribution in [2.75, 3.05) is 13.1 Å². The van der Waals surface area contributed by atoms with Crippen molar-refractivity contribution >= 4 is 17.8 Å². The van der Waals surface area contributed by atoms with Gasteiger partial charge in [-0.05, 0) is 6.92 Å². The van der Waals surface area contributed by atoms with Crippen LogP contribution in [0.1, 0.15) is 13.8 Å². The summed E-state index contributed by atoms with van der Waals surface area (Å²) in [4.78, 5) is 34.4. The van der Waals surface area contributed by atoms with E-state index in [-0.39, 0.29) is 30.9 Å². The molecule has 2 amide bonds. The predicted molar refractivity (Wildman–Crippen MR) is 51.0 cm³/mol. The Morgan fingerprint density at radius 1 is 1.33 bits per heavy atom. The van der Waals surface area contributed by atoms with Crippen molar-refractivity contribution in [1.82, 2.24) is 10.2 Å². The summed E-state index contributed by atoms with van der Waals surface area (Å²) >= 11 is 0. The number of amides is 2. The van der Waals surface area contributed by atoms with Crippen molar-refractivity contribution in [3.05, 3.63) is 0 Å². The third-order valence-electron chi connectivity index (χ3n) is 2.66. The van der Waals surface area contributed by atoms with Gasteiger partial charge in [0, 0.05) is 6.04 Å². The Morgan fingerprint density at radius 3 is 2.20 bits per heavy atom. The van der Waals surface area contributed by atoms with Crippen LogP contribution in [0.4, 0.5) is 0 Å². The summed E-state index contributed by atoms with van der Waals surface area (Å²) in [5.74, 6) is -2.30. The fourth-order valence-electron chi connectivity index (χ4n) is 1.47. The third-order valence-corrected chi connectivity index (χ3v) is 2.66. The topological polar surface area (TPSA) is 86.7 Å². The van der Waals surface area contributed by atoms with Crippen LogP contribution in [0.5, 0.6) is 0 Å². The van der Waals surface area contributed by atoms with E-state index in [0.717, 1.165) is 0 Å². The molecular weight excluding hydrogens is 200 g/mol. The number of carbonyl (C=O) groups is 3. The van der Waals surface area contributed by atoms with Gasteiger partial charge < -0.3 is 5.11 Å². The number of nitrogens with zero attached hydrogens (tertiary/aromatic N) is 1. The van der Waals surface area contributed by atoms with Crippen molar-refractivity contribution in [3.8, 4) is 0 Å². The molecule has 1 rings (SSSR count). The smallest absolute Gasteiger partial charge is 0.307 e. The number of carboxylic acids is 1. The van der Waals surface area contributed by atoms with Gasteiger partial charge in [-0.25, -0.2) is 0 Å². The van der Waals surface area contributed by atoms with Gasteiger partial charge in [0.1, 0.15) is 0 Å². The molecule has 2 atom stereocenters. The molecule has 0 radical (unpaired) electrons. The average Bonchev–Trinajstić information content (AvgIpc) is 2.13. The summed E-state index contributed by atoms with van der Waals surface area (Å²) in [7, 11) is 0. The highest BCUT2D eigenvalue weighted by Crippen LogP contribution is 2.12. The molecule has 1 fully saturated rings. The summed E-state index contributed by atoms with van der Waals surface area (Å²) in [5.41, 5.74) is 0. The zero-order valence-corrected chi connectivity index (χ0v) is 8.69. The van der Waals surface area contributed by atoms with Crippen molar-refractivity contribution in [2.45, 2.75) is 19.9 Å². The van der Waals surface area contributed by atoms with E-state index in [0.29, 0.717) is 0 Å². The summed E-state index contributed by atoms with van der Waals surface area (Å²) in [5, 5.41) is 11.0. The molecule has 15 heavy (non-hydrogen) atoms. The largest absolute Gasteiger partial charge is 0.481 e. The van der Waals surface area contributed by atoms with Gasteiger partial charge in [0.25, 0.3) is 0 Å². The minimum atomic E-state index is -0.930. The lowest BCUT2D eigenvalue weighted by molar-refractivity contribution is -0.146. The summed E-state index contributed by atoms with van der Waals surface area (Å²) in [6, 6.07) is -0.336. The van der Waals surface area contributed by atoms with Crippen LogP contribution in [0.2, 0.25) is 0 Å². The highest BCUT2D eigenvalue weighted by Gasteiger charge is 2.31. The molecule has 2 unspecified atom stereocenters. The van der Waals surface area contributed by atoms with E-state index >= 15 is 0 Å². The minimum Gasteiger partial charge on any atom is -0.481 e. The SMILES string of the molecule is CC(C(=O)O)C(C)N1CC(=O)NC(=O)C1.